The number of hydrogen-bond donors (Lipinski definition) is 0. The largest absolute Gasteiger partial charge is 0.504 e. The van der Waals surface area contributed by atoms with Gasteiger partial charge in [0.2, 0.25) is 0 Å². The van der Waals surface area contributed by atoms with Gasteiger partial charge in [-0.2, -0.15) is 0 Å². The predicted octanol–water partition coefficient (Wildman–Crippen LogP) is 5.32. The fourth-order valence-corrected chi connectivity index (χ4v) is 7.46. The van der Waals surface area contributed by atoms with E-state index in [2.05, 4.69) is 13.8 Å². The van der Waals surface area contributed by atoms with Crippen molar-refractivity contribution in [2.45, 2.75) is 90.0 Å². The Morgan fingerprint density at radius 2 is 1.27 bits per heavy atom. The molecule has 0 N–H and O–H groups in total. The van der Waals surface area contributed by atoms with Crippen molar-refractivity contribution in [3.8, 4) is 0 Å². The summed E-state index contributed by atoms with van der Waals surface area (Å²) in [6.07, 6.45) is 14.7. The molecule has 0 heterocycles. The van der Waals surface area contributed by atoms with E-state index in [1.54, 1.807) is 0 Å². The van der Waals surface area contributed by atoms with Gasteiger partial charge in [-0.1, -0.05) is 51.4 Å². The molecule has 0 aromatic carbocycles. The minimum atomic E-state index is -2.48. The van der Waals surface area contributed by atoms with Crippen LogP contribution in [-0.4, -0.2) is 28.6 Å². The normalized spacial score (nSPS) is 22.1. The molecule has 0 unspecified atom stereocenters. The molecule has 2 aliphatic carbocycles. The van der Waals surface area contributed by atoms with Gasteiger partial charge in [0.25, 0.3) is 0 Å². The Hall–Kier alpha value is 0.0969. The fraction of sp³-hybridized carbons (Fsp3) is 1.00. The van der Waals surface area contributed by atoms with Crippen molar-refractivity contribution < 1.29 is 13.3 Å². The quantitative estimate of drug-likeness (QED) is 0.536. The van der Waals surface area contributed by atoms with Gasteiger partial charge in [0.15, 0.2) is 0 Å². The maximum Gasteiger partial charge on any atom is 0.504 e. The summed E-state index contributed by atoms with van der Waals surface area (Å²) in [5.41, 5.74) is 0.535. The first-order valence-corrected chi connectivity index (χ1v) is 11.5. The van der Waals surface area contributed by atoms with E-state index in [1.807, 2.05) is 0 Å². The van der Waals surface area contributed by atoms with Gasteiger partial charge in [-0.05, 0) is 39.0 Å². The van der Waals surface area contributed by atoms with Gasteiger partial charge in [-0.3, -0.25) is 0 Å². The van der Waals surface area contributed by atoms with E-state index in [-0.39, 0.29) is 0 Å². The second kappa shape index (κ2) is 10.1. The highest BCUT2D eigenvalue weighted by Crippen LogP contribution is 2.39. The fourth-order valence-electron chi connectivity index (χ4n) is 4.18. The van der Waals surface area contributed by atoms with Crippen molar-refractivity contribution in [3.05, 3.63) is 0 Å². The molecule has 0 aromatic heterocycles. The summed E-state index contributed by atoms with van der Waals surface area (Å²) in [5, 5.41) is 0. The zero-order valence-electron chi connectivity index (χ0n) is 14.8. The Morgan fingerprint density at radius 3 is 1.82 bits per heavy atom. The van der Waals surface area contributed by atoms with E-state index in [9.17, 15) is 0 Å². The number of rotatable bonds is 9. The molecule has 0 radical (unpaired) electrons. The average molecular weight is 329 g/mol. The van der Waals surface area contributed by atoms with Crippen LogP contribution in [0.25, 0.3) is 0 Å². The molecule has 4 heteroatoms. The van der Waals surface area contributed by atoms with Crippen LogP contribution in [0.5, 0.6) is 0 Å². The zero-order chi connectivity index (χ0) is 15.7. The molecule has 22 heavy (non-hydrogen) atoms. The monoisotopic (exact) mass is 328 g/mol. The molecule has 0 aromatic rings. The minimum Gasteiger partial charge on any atom is -0.374 e. The van der Waals surface area contributed by atoms with Crippen molar-refractivity contribution in [2.24, 2.45) is 5.92 Å². The van der Waals surface area contributed by atoms with Crippen LogP contribution in [0.15, 0.2) is 0 Å². The van der Waals surface area contributed by atoms with Crippen molar-refractivity contribution in [1.82, 2.24) is 0 Å². The summed E-state index contributed by atoms with van der Waals surface area (Å²) in [5.74, 6) is 0.870. The molecule has 0 atom stereocenters. The van der Waals surface area contributed by atoms with E-state index in [1.165, 1.54) is 70.6 Å². The van der Waals surface area contributed by atoms with Gasteiger partial charge >= 0.3 is 8.80 Å². The summed E-state index contributed by atoms with van der Waals surface area (Å²) >= 11 is 0. The van der Waals surface area contributed by atoms with Crippen LogP contribution in [-0.2, 0) is 13.3 Å². The standard InChI is InChI=1S/C18H36O3Si/c1-3-19-22(20-4-2,18-13-9-6-10-14-18)21-16-15-17-11-7-5-8-12-17/h17-18H,3-16H2,1-2H3. The Morgan fingerprint density at radius 1 is 0.727 bits per heavy atom. The lowest BCUT2D eigenvalue weighted by atomic mass is 9.87. The van der Waals surface area contributed by atoms with E-state index in [0.717, 1.165) is 12.5 Å². The van der Waals surface area contributed by atoms with Gasteiger partial charge in [0.1, 0.15) is 0 Å². The molecule has 3 nitrogen and oxygen atoms in total. The van der Waals surface area contributed by atoms with Crippen LogP contribution in [0.3, 0.4) is 0 Å². The van der Waals surface area contributed by atoms with Crippen LogP contribution in [0.2, 0.25) is 5.54 Å². The first-order chi connectivity index (χ1) is 10.8. The summed E-state index contributed by atoms with van der Waals surface area (Å²) in [6, 6.07) is 0. The average Bonchev–Trinajstić information content (AvgIpc) is 2.57. The van der Waals surface area contributed by atoms with Crippen molar-refractivity contribution in [2.75, 3.05) is 19.8 Å². The molecule has 130 valence electrons. The molecule has 2 aliphatic rings. The lowest BCUT2D eigenvalue weighted by Crippen LogP contribution is -2.51. The van der Waals surface area contributed by atoms with Crippen LogP contribution in [0.1, 0.15) is 84.5 Å². The maximum atomic E-state index is 6.45. The molecule has 0 spiro atoms. The molecule has 0 aliphatic heterocycles. The van der Waals surface area contributed by atoms with E-state index < -0.39 is 8.80 Å². The summed E-state index contributed by atoms with van der Waals surface area (Å²) in [4.78, 5) is 0. The van der Waals surface area contributed by atoms with Gasteiger partial charge in [-0.25, -0.2) is 0 Å². The molecule has 0 amide bonds. The van der Waals surface area contributed by atoms with E-state index in [4.69, 9.17) is 13.3 Å². The van der Waals surface area contributed by atoms with Gasteiger partial charge < -0.3 is 13.3 Å². The molecule has 2 saturated carbocycles. The molecule has 0 saturated heterocycles. The molecular formula is C18H36O3Si. The Kier molecular flexibility index (Phi) is 8.43. The third-order valence-corrected chi connectivity index (χ3v) is 8.92. The SMILES string of the molecule is CCO[Si](OCC)(OCCC1CCCCC1)C1CCCCC1. The van der Waals surface area contributed by atoms with Crippen molar-refractivity contribution in [1.29, 1.82) is 0 Å². The van der Waals surface area contributed by atoms with Crippen molar-refractivity contribution >= 4 is 8.80 Å². The lowest BCUT2D eigenvalue weighted by molar-refractivity contribution is 0.0469. The first-order valence-electron chi connectivity index (χ1n) is 9.72. The van der Waals surface area contributed by atoms with Crippen LogP contribution in [0, 0.1) is 5.92 Å². The summed E-state index contributed by atoms with van der Waals surface area (Å²) in [7, 11) is -2.48. The topological polar surface area (TPSA) is 27.7 Å². The predicted molar refractivity (Wildman–Crippen MR) is 93.0 cm³/mol. The second-order valence-corrected chi connectivity index (χ2v) is 9.84. The van der Waals surface area contributed by atoms with E-state index in [0.29, 0.717) is 18.8 Å². The van der Waals surface area contributed by atoms with Crippen LogP contribution >= 0.6 is 0 Å². The Labute approximate surface area is 138 Å². The zero-order valence-corrected chi connectivity index (χ0v) is 15.8. The lowest BCUT2D eigenvalue weighted by Gasteiger charge is -2.37. The summed E-state index contributed by atoms with van der Waals surface area (Å²) in [6.45, 7) is 6.42. The van der Waals surface area contributed by atoms with Gasteiger partial charge in [0.05, 0.1) is 0 Å². The first kappa shape index (κ1) is 18.4. The molecular weight excluding hydrogens is 292 g/mol. The third-order valence-electron chi connectivity index (χ3n) is 5.35. The minimum absolute atomic E-state index is 0.535. The van der Waals surface area contributed by atoms with Crippen LogP contribution in [0.4, 0.5) is 0 Å². The van der Waals surface area contributed by atoms with Crippen LogP contribution < -0.4 is 0 Å². The smallest absolute Gasteiger partial charge is 0.374 e. The maximum absolute atomic E-state index is 6.45. The molecule has 0 bridgehead atoms. The number of hydrogen-bond acceptors (Lipinski definition) is 3. The summed E-state index contributed by atoms with van der Waals surface area (Å²) < 4.78 is 18.8. The Bertz CT molecular complexity index is 280. The highest BCUT2D eigenvalue weighted by molar-refractivity contribution is 6.62. The molecule has 2 rings (SSSR count). The van der Waals surface area contributed by atoms with Gasteiger partial charge in [-0.15, -0.1) is 0 Å². The highest BCUT2D eigenvalue weighted by Gasteiger charge is 2.49. The highest BCUT2D eigenvalue weighted by atomic mass is 28.4. The molecule has 2 fully saturated rings. The second-order valence-electron chi connectivity index (χ2n) is 6.95. The third kappa shape index (κ3) is 5.33. The Balaban J connectivity index is 1.89. The van der Waals surface area contributed by atoms with E-state index >= 15 is 0 Å². The van der Waals surface area contributed by atoms with Crippen molar-refractivity contribution in [3.63, 3.8) is 0 Å². The van der Waals surface area contributed by atoms with Gasteiger partial charge in [0, 0.05) is 25.4 Å².